The van der Waals surface area contributed by atoms with Crippen LogP contribution >= 0.6 is 0 Å². The van der Waals surface area contributed by atoms with Gasteiger partial charge in [0, 0.05) is 6.61 Å². The predicted octanol–water partition coefficient (Wildman–Crippen LogP) is 7.87. The average Bonchev–Trinajstić information content (AvgIpc) is 2.78. The fourth-order valence-corrected chi connectivity index (χ4v) is 3.80. The van der Waals surface area contributed by atoms with E-state index < -0.39 is 0 Å². The van der Waals surface area contributed by atoms with Gasteiger partial charge >= 0.3 is 5.97 Å². The van der Waals surface area contributed by atoms with Gasteiger partial charge in [-0.3, -0.25) is 4.79 Å². The molecule has 0 heterocycles. The van der Waals surface area contributed by atoms with Crippen molar-refractivity contribution in [3.8, 4) is 0 Å². The van der Waals surface area contributed by atoms with Gasteiger partial charge < -0.3 is 14.2 Å². The van der Waals surface area contributed by atoms with E-state index in [1.165, 1.54) is 77.0 Å². The molecule has 0 N–H and O–H groups in total. The Morgan fingerprint density at radius 3 is 1.52 bits per heavy atom. The zero-order valence-electron chi connectivity index (χ0n) is 21.3. The second-order valence-corrected chi connectivity index (χ2v) is 8.88. The van der Waals surface area contributed by atoms with Crippen LogP contribution in [0.25, 0.3) is 0 Å². The van der Waals surface area contributed by atoms with Crippen LogP contribution in [0.5, 0.6) is 0 Å². The summed E-state index contributed by atoms with van der Waals surface area (Å²) in [6.45, 7) is 9.30. The first-order valence-corrected chi connectivity index (χ1v) is 13.6. The summed E-state index contributed by atoms with van der Waals surface area (Å²) >= 11 is 0. The molecule has 0 aliphatic rings. The second-order valence-electron chi connectivity index (χ2n) is 8.88. The largest absolute Gasteiger partial charge is 0.463 e. The third-order valence-corrected chi connectivity index (χ3v) is 5.97. The Morgan fingerprint density at radius 2 is 1.00 bits per heavy atom. The molecular weight excluding hydrogens is 388 g/mol. The molecule has 0 aliphatic carbocycles. The minimum absolute atomic E-state index is 0.0450. The molecule has 0 saturated heterocycles. The van der Waals surface area contributed by atoms with E-state index >= 15 is 0 Å². The molecule has 0 aromatic heterocycles. The fourth-order valence-electron chi connectivity index (χ4n) is 3.80. The van der Waals surface area contributed by atoms with Gasteiger partial charge in [-0.05, 0) is 19.3 Å². The number of carbonyl (C=O) groups excluding carboxylic acids is 1. The van der Waals surface area contributed by atoms with E-state index in [1.54, 1.807) is 0 Å². The highest BCUT2D eigenvalue weighted by molar-refractivity contribution is 5.72. The Bertz CT molecular complexity index is 359. The monoisotopic (exact) mass is 442 g/mol. The average molecular weight is 443 g/mol. The van der Waals surface area contributed by atoms with Gasteiger partial charge in [-0.1, -0.05) is 111 Å². The Labute approximate surface area is 194 Å². The molecule has 0 radical (unpaired) electrons. The smallest absolute Gasteiger partial charge is 0.308 e. The number of unbranched alkanes of at least 4 members (excludes halogenated alkanes) is 13. The summed E-state index contributed by atoms with van der Waals surface area (Å²) in [6.07, 6.45) is 21.8. The minimum atomic E-state index is -0.0711. The van der Waals surface area contributed by atoms with E-state index in [4.69, 9.17) is 14.2 Å². The molecular formula is C27H54O4. The van der Waals surface area contributed by atoms with Crippen LogP contribution in [0.3, 0.4) is 0 Å². The highest BCUT2D eigenvalue weighted by Crippen LogP contribution is 2.14. The SMILES string of the molecule is CCCCCCCCCCCCCCCOCCOCCOC(=O)C(CC)CCCC. The van der Waals surface area contributed by atoms with Gasteiger partial charge in [-0.25, -0.2) is 0 Å². The first kappa shape index (κ1) is 30.4. The molecule has 0 spiro atoms. The topological polar surface area (TPSA) is 44.8 Å². The molecule has 1 unspecified atom stereocenters. The highest BCUT2D eigenvalue weighted by atomic mass is 16.6. The third kappa shape index (κ3) is 22.4. The molecule has 0 aliphatic heterocycles. The first-order valence-electron chi connectivity index (χ1n) is 13.6. The van der Waals surface area contributed by atoms with Crippen molar-refractivity contribution in [1.29, 1.82) is 0 Å². The molecule has 4 nitrogen and oxygen atoms in total. The number of hydrogen-bond acceptors (Lipinski definition) is 4. The fraction of sp³-hybridized carbons (Fsp3) is 0.963. The van der Waals surface area contributed by atoms with Crippen LogP contribution in [-0.2, 0) is 19.0 Å². The molecule has 186 valence electrons. The molecule has 0 aromatic rings. The number of ether oxygens (including phenoxy) is 3. The maximum Gasteiger partial charge on any atom is 0.308 e. The van der Waals surface area contributed by atoms with Crippen LogP contribution < -0.4 is 0 Å². The molecule has 4 heteroatoms. The van der Waals surface area contributed by atoms with Crippen LogP contribution in [0.4, 0.5) is 0 Å². The molecule has 0 aromatic carbocycles. The summed E-state index contributed by atoms with van der Waals surface area (Å²) in [4.78, 5) is 12.0. The Hall–Kier alpha value is -0.610. The molecule has 0 fully saturated rings. The lowest BCUT2D eigenvalue weighted by molar-refractivity contribution is -0.150. The summed E-state index contributed by atoms with van der Waals surface area (Å²) in [5, 5.41) is 0. The molecule has 31 heavy (non-hydrogen) atoms. The van der Waals surface area contributed by atoms with E-state index in [2.05, 4.69) is 13.8 Å². The lowest BCUT2D eigenvalue weighted by Gasteiger charge is -2.13. The van der Waals surface area contributed by atoms with Crippen LogP contribution in [0.2, 0.25) is 0 Å². The third-order valence-electron chi connectivity index (χ3n) is 5.97. The minimum Gasteiger partial charge on any atom is -0.463 e. The summed E-state index contributed by atoms with van der Waals surface area (Å²) in [5.41, 5.74) is 0. The molecule has 0 amide bonds. The van der Waals surface area contributed by atoms with Crippen molar-refractivity contribution in [2.75, 3.05) is 33.0 Å². The highest BCUT2D eigenvalue weighted by Gasteiger charge is 2.16. The first-order chi connectivity index (χ1) is 15.3. The molecule has 0 rings (SSSR count). The number of carbonyl (C=O) groups is 1. The van der Waals surface area contributed by atoms with E-state index in [-0.39, 0.29) is 11.9 Å². The van der Waals surface area contributed by atoms with Gasteiger partial charge in [-0.15, -0.1) is 0 Å². The van der Waals surface area contributed by atoms with Crippen LogP contribution in [0.15, 0.2) is 0 Å². The van der Waals surface area contributed by atoms with Gasteiger partial charge in [0.05, 0.1) is 25.7 Å². The van der Waals surface area contributed by atoms with E-state index in [1.807, 2.05) is 6.92 Å². The maximum absolute atomic E-state index is 12.0. The lowest BCUT2D eigenvalue weighted by Crippen LogP contribution is -2.20. The van der Waals surface area contributed by atoms with Gasteiger partial charge in [0.25, 0.3) is 0 Å². The Kier molecular flexibility index (Phi) is 25.1. The Morgan fingerprint density at radius 1 is 0.548 bits per heavy atom. The van der Waals surface area contributed by atoms with E-state index in [9.17, 15) is 4.79 Å². The molecule has 1 atom stereocenters. The van der Waals surface area contributed by atoms with E-state index in [0.29, 0.717) is 26.4 Å². The van der Waals surface area contributed by atoms with Crippen molar-refractivity contribution in [3.05, 3.63) is 0 Å². The zero-order chi connectivity index (χ0) is 22.8. The lowest BCUT2D eigenvalue weighted by atomic mass is 10.00. The van der Waals surface area contributed by atoms with Gasteiger partial charge in [0.15, 0.2) is 0 Å². The van der Waals surface area contributed by atoms with Gasteiger partial charge in [0.1, 0.15) is 6.61 Å². The van der Waals surface area contributed by atoms with Crippen molar-refractivity contribution in [3.63, 3.8) is 0 Å². The number of rotatable bonds is 25. The van der Waals surface area contributed by atoms with Crippen LogP contribution in [-0.4, -0.2) is 39.0 Å². The molecule has 0 bridgehead atoms. The van der Waals surface area contributed by atoms with Crippen molar-refractivity contribution < 1.29 is 19.0 Å². The van der Waals surface area contributed by atoms with Crippen LogP contribution in [0.1, 0.15) is 130 Å². The molecule has 0 saturated carbocycles. The number of esters is 1. The van der Waals surface area contributed by atoms with Crippen molar-refractivity contribution in [2.45, 2.75) is 130 Å². The number of hydrogen-bond donors (Lipinski definition) is 0. The summed E-state index contributed by atoms with van der Waals surface area (Å²) in [7, 11) is 0. The van der Waals surface area contributed by atoms with Crippen molar-refractivity contribution in [1.82, 2.24) is 0 Å². The second kappa shape index (κ2) is 25.6. The standard InChI is InChI=1S/C27H54O4/c1-4-7-9-10-11-12-13-14-15-16-17-18-19-21-29-22-23-30-24-25-31-27(28)26(6-3)20-8-5-2/h26H,4-25H2,1-3H3. The summed E-state index contributed by atoms with van der Waals surface area (Å²) in [5.74, 6) is -0.0261. The van der Waals surface area contributed by atoms with Crippen molar-refractivity contribution in [2.24, 2.45) is 5.92 Å². The van der Waals surface area contributed by atoms with Crippen LogP contribution in [0, 0.1) is 5.92 Å². The zero-order valence-corrected chi connectivity index (χ0v) is 21.3. The van der Waals surface area contributed by atoms with Gasteiger partial charge in [0.2, 0.25) is 0 Å². The Balaban J connectivity index is 3.21. The normalized spacial score (nSPS) is 12.2. The summed E-state index contributed by atoms with van der Waals surface area (Å²) in [6, 6.07) is 0. The quantitative estimate of drug-likeness (QED) is 0.107. The maximum atomic E-state index is 12.0. The van der Waals surface area contributed by atoms with E-state index in [0.717, 1.165) is 38.7 Å². The van der Waals surface area contributed by atoms with Crippen molar-refractivity contribution >= 4 is 5.97 Å². The summed E-state index contributed by atoms with van der Waals surface area (Å²) < 4.78 is 16.4. The van der Waals surface area contributed by atoms with Gasteiger partial charge in [-0.2, -0.15) is 0 Å². The predicted molar refractivity (Wildman–Crippen MR) is 132 cm³/mol.